The van der Waals surface area contributed by atoms with Gasteiger partial charge in [-0.1, -0.05) is 6.08 Å². The van der Waals surface area contributed by atoms with Crippen molar-refractivity contribution in [2.24, 2.45) is 5.92 Å². The number of amides is 2. The van der Waals surface area contributed by atoms with Gasteiger partial charge in [0.25, 0.3) is 0 Å². The fourth-order valence-corrected chi connectivity index (χ4v) is 2.91. The van der Waals surface area contributed by atoms with Gasteiger partial charge in [0.05, 0.1) is 12.3 Å². The van der Waals surface area contributed by atoms with Crippen molar-refractivity contribution >= 4 is 21.7 Å². The number of allylic oxidation sites excluding steroid dienone is 1. The van der Waals surface area contributed by atoms with Crippen LogP contribution in [0, 0.1) is 5.92 Å². The predicted octanol–water partition coefficient (Wildman–Crippen LogP) is -0.813. The number of hydrogen-bond acceptors (Lipinski definition) is 4. The van der Waals surface area contributed by atoms with Crippen LogP contribution in [0.2, 0.25) is 0 Å². The molecular formula is C10H16N2O4S. The Labute approximate surface area is 100 Å². The Hall–Kier alpha value is -1.37. The van der Waals surface area contributed by atoms with E-state index >= 15 is 0 Å². The zero-order valence-electron chi connectivity index (χ0n) is 9.60. The third-order valence-electron chi connectivity index (χ3n) is 2.27. The highest BCUT2D eigenvalue weighted by Gasteiger charge is 2.23. The van der Waals surface area contributed by atoms with Gasteiger partial charge in [0.1, 0.15) is 0 Å². The second-order valence-electron chi connectivity index (χ2n) is 3.85. The molecular weight excluding hydrogens is 244 g/mol. The molecule has 0 saturated heterocycles. The maximum atomic E-state index is 11.4. The molecule has 1 rings (SSSR count). The maximum Gasteiger partial charge on any atom is 0.239 e. The summed E-state index contributed by atoms with van der Waals surface area (Å²) in [4.78, 5) is 22.5. The second-order valence-corrected chi connectivity index (χ2v) is 5.78. The highest BCUT2D eigenvalue weighted by atomic mass is 32.2. The molecule has 0 spiro atoms. The van der Waals surface area contributed by atoms with Crippen LogP contribution in [0.4, 0.5) is 0 Å². The Morgan fingerprint density at radius 3 is 2.53 bits per heavy atom. The molecule has 0 aromatic rings. The number of nitrogens with one attached hydrogen (secondary N) is 2. The van der Waals surface area contributed by atoms with E-state index in [-0.39, 0.29) is 36.5 Å². The maximum absolute atomic E-state index is 11.4. The summed E-state index contributed by atoms with van der Waals surface area (Å²) in [5, 5.41) is 6.12. The molecule has 0 radical (unpaired) electrons. The van der Waals surface area contributed by atoms with Gasteiger partial charge in [-0.05, 0) is 6.92 Å². The average Bonchev–Trinajstić information content (AvgIpc) is 2.55. The minimum Gasteiger partial charge on any atom is -0.355 e. The van der Waals surface area contributed by atoms with Crippen LogP contribution in [0.3, 0.4) is 0 Å². The molecule has 0 bridgehead atoms. The fourth-order valence-electron chi connectivity index (χ4n) is 1.52. The lowest BCUT2D eigenvalue weighted by atomic mass is 10.1. The smallest absolute Gasteiger partial charge is 0.239 e. The van der Waals surface area contributed by atoms with E-state index < -0.39 is 9.84 Å². The molecule has 1 aliphatic heterocycles. The lowest BCUT2D eigenvalue weighted by Gasteiger charge is -2.07. The normalized spacial score (nSPS) is 21.1. The van der Waals surface area contributed by atoms with E-state index in [1.165, 1.54) is 6.08 Å². The molecule has 2 amide bonds. The first-order chi connectivity index (χ1) is 7.93. The van der Waals surface area contributed by atoms with Crippen molar-refractivity contribution in [3.05, 3.63) is 11.5 Å². The van der Waals surface area contributed by atoms with Gasteiger partial charge in [0.15, 0.2) is 9.84 Å². The van der Waals surface area contributed by atoms with Crippen molar-refractivity contribution in [1.82, 2.24) is 10.6 Å². The fraction of sp³-hybridized carbons (Fsp3) is 0.600. The second kappa shape index (κ2) is 5.81. The number of rotatable bonds is 5. The zero-order chi connectivity index (χ0) is 12.9. The molecule has 6 nitrogen and oxygen atoms in total. The summed E-state index contributed by atoms with van der Waals surface area (Å²) in [6.07, 6.45) is 1.61. The highest BCUT2D eigenvalue weighted by molar-refractivity contribution is 7.94. The monoisotopic (exact) mass is 260 g/mol. The molecule has 0 saturated carbocycles. The third kappa shape index (κ3) is 4.99. The minimum absolute atomic E-state index is 0.0262. The van der Waals surface area contributed by atoms with Crippen LogP contribution in [0.1, 0.15) is 13.3 Å². The van der Waals surface area contributed by atoms with Gasteiger partial charge >= 0.3 is 0 Å². The largest absolute Gasteiger partial charge is 0.355 e. The highest BCUT2D eigenvalue weighted by Crippen LogP contribution is 2.17. The molecule has 0 aromatic heterocycles. The van der Waals surface area contributed by atoms with Crippen LogP contribution in [-0.2, 0) is 19.4 Å². The average molecular weight is 260 g/mol. The Kier molecular flexibility index (Phi) is 4.68. The molecule has 96 valence electrons. The van der Waals surface area contributed by atoms with E-state index in [0.717, 1.165) is 5.41 Å². The first-order valence-corrected chi connectivity index (χ1v) is 7.09. The third-order valence-corrected chi connectivity index (χ3v) is 3.74. The van der Waals surface area contributed by atoms with Gasteiger partial charge in [0.2, 0.25) is 11.8 Å². The number of sulfone groups is 1. The van der Waals surface area contributed by atoms with Gasteiger partial charge in [0, 0.05) is 24.3 Å². The Bertz CT molecular complexity index is 428. The van der Waals surface area contributed by atoms with Gasteiger partial charge in [-0.2, -0.15) is 0 Å². The summed E-state index contributed by atoms with van der Waals surface area (Å²) in [7, 11) is -3.12. The van der Waals surface area contributed by atoms with Gasteiger partial charge in [-0.3, -0.25) is 9.59 Å². The van der Waals surface area contributed by atoms with Crippen molar-refractivity contribution in [3.63, 3.8) is 0 Å². The topological polar surface area (TPSA) is 92.3 Å². The summed E-state index contributed by atoms with van der Waals surface area (Å²) in [5.41, 5.74) is 0. The Morgan fingerprint density at radius 1 is 1.29 bits per heavy atom. The quantitative estimate of drug-likeness (QED) is 0.676. The molecule has 0 unspecified atom stereocenters. The van der Waals surface area contributed by atoms with Crippen LogP contribution in [0.5, 0.6) is 0 Å². The predicted molar refractivity (Wildman–Crippen MR) is 62.7 cm³/mol. The lowest BCUT2D eigenvalue weighted by Crippen LogP contribution is -2.37. The molecule has 1 atom stereocenters. The lowest BCUT2D eigenvalue weighted by molar-refractivity contribution is -0.126. The van der Waals surface area contributed by atoms with E-state index in [1.54, 1.807) is 6.92 Å². The van der Waals surface area contributed by atoms with Crippen molar-refractivity contribution in [2.75, 3.05) is 18.8 Å². The first kappa shape index (κ1) is 13.7. The summed E-state index contributed by atoms with van der Waals surface area (Å²) >= 11 is 0. The standard InChI is InChI=1S/C10H16N2O4S/c1-2-11-10(14)6-12-9(13)5-8-3-4-17(15,16)7-8/h3-4,8H,2,5-7H2,1H3,(H,11,14)(H,12,13)/t8-/m0/s1. The summed E-state index contributed by atoms with van der Waals surface area (Å²) in [6.45, 7) is 2.22. The van der Waals surface area contributed by atoms with E-state index in [9.17, 15) is 18.0 Å². The first-order valence-electron chi connectivity index (χ1n) is 5.37. The van der Waals surface area contributed by atoms with Crippen LogP contribution >= 0.6 is 0 Å². The van der Waals surface area contributed by atoms with Crippen molar-refractivity contribution in [2.45, 2.75) is 13.3 Å². The molecule has 0 aliphatic carbocycles. The number of hydrogen-bond donors (Lipinski definition) is 2. The van der Waals surface area contributed by atoms with Gasteiger partial charge in [-0.25, -0.2) is 8.42 Å². The van der Waals surface area contributed by atoms with Crippen LogP contribution in [0.25, 0.3) is 0 Å². The van der Waals surface area contributed by atoms with Gasteiger partial charge in [-0.15, -0.1) is 0 Å². The number of carbonyl (C=O) groups excluding carboxylic acids is 2. The Balaban J connectivity index is 2.27. The zero-order valence-corrected chi connectivity index (χ0v) is 10.4. The molecule has 1 aliphatic rings. The SMILES string of the molecule is CCNC(=O)CNC(=O)C[C@@H]1C=CS(=O)(=O)C1. The Morgan fingerprint density at radius 2 is 2.00 bits per heavy atom. The molecule has 7 heteroatoms. The van der Waals surface area contributed by atoms with Crippen molar-refractivity contribution < 1.29 is 18.0 Å². The summed E-state index contributed by atoms with van der Waals surface area (Å²) in [5.74, 6) is -0.880. The molecule has 1 heterocycles. The van der Waals surface area contributed by atoms with Gasteiger partial charge < -0.3 is 10.6 Å². The molecule has 17 heavy (non-hydrogen) atoms. The van der Waals surface area contributed by atoms with Crippen molar-refractivity contribution in [1.29, 1.82) is 0 Å². The molecule has 0 aromatic carbocycles. The number of carbonyl (C=O) groups is 2. The number of likely N-dealkylation sites (N-methyl/N-ethyl adjacent to an activating group) is 1. The van der Waals surface area contributed by atoms with E-state index in [1.807, 2.05) is 0 Å². The van der Waals surface area contributed by atoms with E-state index in [2.05, 4.69) is 10.6 Å². The van der Waals surface area contributed by atoms with E-state index in [0.29, 0.717) is 6.54 Å². The summed E-state index contributed by atoms with van der Waals surface area (Å²) < 4.78 is 22.2. The minimum atomic E-state index is -3.12. The van der Waals surface area contributed by atoms with Crippen LogP contribution in [0.15, 0.2) is 11.5 Å². The van der Waals surface area contributed by atoms with Crippen molar-refractivity contribution in [3.8, 4) is 0 Å². The summed E-state index contributed by atoms with van der Waals surface area (Å²) in [6, 6.07) is 0. The molecule has 0 fully saturated rings. The van der Waals surface area contributed by atoms with Crippen LogP contribution in [-0.4, -0.2) is 39.1 Å². The molecule has 2 N–H and O–H groups in total. The van der Waals surface area contributed by atoms with E-state index in [4.69, 9.17) is 0 Å². The van der Waals surface area contributed by atoms with Crippen LogP contribution < -0.4 is 10.6 Å².